The van der Waals surface area contributed by atoms with Crippen molar-refractivity contribution in [1.82, 2.24) is 0 Å². The van der Waals surface area contributed by atoms with Gasteiger partial charge in [-0.15, -0.1) is 9.42 Å². The summed E-state index contributed by atoms with van der Waals surface area (Å²) >= 11 is 11.8. The Bertz CT molecular complexity index is 240. The molecule has 1 aliphatic rings. The van der Waals surface area contributed by atoms with Crippen molar-refractivity contribution in [1.29, 1.82) is 0 Å². The molecule has 1 N–H and O–H groups in total. The number of hydrogen-bond acceptors (Lipinski definition) is 3. The lowest BCUT2D eigenvalue weighted by Gasteiger charge is -2.21. The van der Waals surface area contributed by atoms with E-state index >= 15 is 0 Å². The number of ether oxygens (including phenoxy) is 1. The van der Waals surface area contributed by atoms with Gasteiger partial charge in [-0.3, -0.25) is 0 Å². The Balaban J connectivity index is 2.54. The van der Waals surface area contributed by atoms with Gasteiger partial charge in [0.2, 0.25) is 0 Å². The number of hydrogen-bond donors (Lipinski definition) is 1. The van der Waals surface area contributed by atoms with Gasteiger partial charge in [-0.2, -0.15) is 0 Å². The third kappa shape index (κ3) is 2.60. The van der Waals surface area contributed by atoms with E-state index in [0.717, 1.165) is 0 Å². The topological polar surface area (TPSA) is 55.8 Å². The molecule has 0 bridgehead atoms. The van der Waals surface area contributed by atoms with Crippen LogP contribution in [0.1, 0.15) is 6.92 Å². The minimum atomic E-state index is -2.64. The second kappa shape index (κ2) is 4.64. The summed E-state index contributed by atoms with van der Waals surface area (Å²) in [6.07, 6.45) is -0.467. The first kappa shape index (κ1) is 12.7. The average molecular weight is 258 g/mol. The van der Waals surface area contributed by atoms with E-state index < -0.39 is 24.7 Å². The van der Waals surface area contributed by atoms with E-state index in [4.69, 9.17) is 40.7 Å². The van der Waals surface area contributed by atoms with Crippen LogP contribution in [0.25, 0.3) is 0 Å². The van der Waals surface area contributed by atoms with Gasteiger partial charge in [0.15, 0.2) is 0 Å². The molecule has 1 unspecified atom stereocenters. The highest BCUT2D eigenvalue weighted by Gasteiger charge is 2.50. The van der Waals surface area contributed by atoms with Gasteiger partial charge in [-0.05, 0) is 0 Å². The molecule has 0 saturated carbocycles. The second-order valence-electron chi connectivity index (χ2n) is 3.09. The summed E-state index contributed by atoms with van der Waals surface area (Å²) in [4.78, 5) is 8.43. The van der Waals surface area contributed by atoms with Crippen LogP contribution in [-0.4, -0.2) is 35.8 Å². The maximum absolute atomic E-state index is 10.3. The van der Waals surface area contributed by atoms with E-state index in [-0.39, 0.29) is 12.5 Å². The Morgan fingerprint density at radius 2 is 2.29 bits per heavy atom. The standard InChI is InChI=1S/C6H8BCl2O4P/c1-3-4(2-12-14(10)11)13-5(7)6(3,8)9/h3-5H,2H2,1H3/p+1/t3-,4-,5-/m1/s1. The van der Waals surface area contributed by atoms with E-state index in [1.54, 1.807) is 6.92 Å². The molecule has 0 aliphatic carbocycles. The largest absolute Gasteiger partial charge is 0.694 e. The zero-order chi connectivity index (χ0) is 10.9. The molecule has 4 nitrogen and oxygen atoms in total. The minimum Gasteiger partial charge on any atom is -0.379 e. The van der Waals surface area contributed by atoms with E-state index in [1.807, 2.05) is 0 Å². The van der Waals surface area contributed by atoms with Crippen molar-refractivity contribution in [2.24, 2.45) is 5.92 Å². The number of halogens is 2. The van der Waals surface area contributed by atoms with Crippen LogP contribution in [0.15, 0.2) is 0 Å². The van der Waals surface area contributed by atoms with Crippen LogP contribution in [0, 0.1) is 5.92 Å². The lowest BCUT2D eigenvalue weighted by Crippen LogP contribution is -2.32. The predicted molar refractivity (Wildman–Crippen MR) is 53.8 cm³/mol. The van der Waals surface area contributed by atoms with E-state index in [2.05, 4.69) is 4.52 Å². The second-order valence-corrected chi connectivity index (χ2v) is 5.27. The van der Waals surface area contributed by atoms with Crippen molar-refractivity contribution in [3.63, 3.8) is 0 Å². The van der Waals surface area contributed by atoms with Gasteiger partial charge in [-0.1, -0.05) is 30.1 Å². The quantitative estimate of drug-likeness (QED) is 0.471. The molecule has 2 radical (unpaired) electrons. The molecule has 78 valence electrons. The first-order valence-electron chi connectivity index (χ1n) is 3.93. The molecule has 0 spiro atoms. The lowest BCUT2D eigenvalue weighted by molar-refractivity contribution is 0.0361. The van der Waals surface area contributed by atoms with Crippen LogP contribution >= 0.6 is 31.5 Å². The van der Waals surface area contributed by atoms with E-state index in [1.165, 1.54) is 0 Å². The highest BCUT2D eigenvalue weighted by Crippen LogP contribution is 2.44. The van der Waals surface area contributed by atoms with Crippen molar-refractivity contribution in [3.8, 4) is 0 Å². The molecule has 0 amide bonds. The van der Waals surface area contributed by atoms with Crippen molar-refractivity contribution < 1.29 is 18.7 Å². The highest BCUT2D eigenvalue weighted by molar-refractivity contribution is 7.32. The van der Waals surface area contributed by atoms with Crippen LogP contribution in [0.5, 0.6) is 0 Å². The van der Waals surface area contributed by atoms with Crippen molar-refractivity contribution >= 4 is 39.3 Å². The number of rotatable bonds is 3. The molecule has 1 saturated heterocycles. The minimum absolute atomic E-state index is 0.0538. The molecule has 0 aromatic rings. The van der Waals surface area contributed by atoms with Crippen molar-refractivity contribution in [3.05, 3.63) is 0 Å². The van der Waals surface area contributed by atoms with E-state index in [9.17, 15) is 4.57 Å². The summed E-state index contributed by atoms with van der Waals surface area (Å²) < 4.78 is 18.8. The van der Waals surface area contributed by atoms with Gasteiger partial charge in [0.25, 0.3) is 0 Å². The maximum atomic E-state index is 10.3. The summed E-state index contributed by atoms with van der Waals surface area (Å²) in [5.41, 5.74) is 0. The zero-order valence-electron chi connectivity index (χ0n) is 7.39. The normalized spacial score (nSPS) is 37.1. The van der Waals surface area contributed by atoms with Crippen LogP contribution in [-0.2, 0) is 13.8 Å². The summed E-state index contributed by atoms with van der Waals surface area (Å²) in [6, 6.07) is -0.814. The number of alkyl halides is 2. The molecule has 4 atom stereocenters. The van der Waals surface area contributed by atoms with Gasteiger partial charge in [0, 0.05) is 16.5 Å². The SMILES string of the molecule is [B][C@@H]1O[C@H](CO[P+](=O)O)[C@@H](C)C1(Cl)Cl. The molecule has 0 aromatic carbocycles. The Hall–Kier alpha value is 0.625. The fourth-order valence-corrected chi connectivity index (χ4v) is 1.88. The van der Waals surface area contributed by atoms with Crippen LogP contribution in [0.2, 0.25) is 0 Å². The van der Waals surface area contributed by atoms with Gasteiger partial charge >= 0.3 is 8.25 Å². The summed E-state index contributed by atoms with van der Waals surface area (Å²) in [5, 5.41) is 0. The zero-order valence-corrected chi connectivity index (χ0v) is 9.80. The third-order valence-electron chi connectivity index (χ3n) is 2.21. The molecular weight excluding hydrogens is 249 g/mol. The fraction of sp³-hybridized carbons (Fsp3) is 1.00. The first-order valence-corrected chi connectivity index (χ1v) is 5.82. The van der Waals surface area contributed by atoms with Gasteiger partial charge in [0.05, 0.1) is 6.10 Å². The summed E-state index contributed by atoms with van der Waals surface area (Å²) in [7, 11) is 2.88. The van der Waals surface area contributed by atoms with Gasteiger partial charge < -0.3 is 4.74 Å². The molecule has 0 aromatic heterocycles. The van der Waals surface area contributed by atoms with Crippen LogP contribution in [0.4, 0.5) is 0 Å². The fourth-order valence-electron chi connectivity index (χ4n) is 1.22. The first-order chi connectivity index (χ1) is 6.35. The molecule has 1 rings (SSSR count). The Labute approximate surface area is 94.2 Å². The van der Waals surface area contributed by atoms with Gasteiger partial charge in [-0.25, -0.2) is 0 Å². The Morgan fingerprint density at radius 3 is 2.64 bits per heavy atom. The predicted octanol–water partition coefficient (Wildman–Crippen LogP) is 1.36. The highest BCUT2D eigenvalue weighted by atomic mass is 35.5. The van der Waals surface area contributed by atoms with Crippen molar-refractivity contribution in [2.75, 3.05) is 6.61 Å². The third-order valence-corrected chi connectivity index (χ3v) is 3.70. The molecule has 14 heavy (non-hydrogen) atoms. The summed E-state index contributed by atoms with van der Waals surface area (Å²) in [6.45, 7) is 1.69. The monoisotopic (exact) mass is 257 g/mol. The van der Waals surface area contributed by atoms with Crippen LogP contribution < -0.4 is 0 Å². The lowest BCUT2D eigenvalue weighted by atomic mass is 9.91. The van der Waals surface area contributed by atoms with Crippen molar-refractivity contribution in [2.45, 2.75) is 23.4 Å². The van der Waals surface area contributed by atoms with E-state index in [0.29, 0.717) is 0 Å². The average Bonchev–Trinajstić information content (AvgIpc) is 2.26. The molecular formula is C6H9BCl2O4P+. The molecule has 1 heterocycles. The van der Waals surface area contributed by atoms with Gasteiger partial charge in [0.1, 0.15) is 18.8 Å². The Morgan fingerprint density at radius 1 is 1.71 bits per heavy atom. The summed E-state index contributed by atoms with van der Waals surface area (Å²) in [5.74, 6) is -0.268. The Kier molecular flexibility index (Phi) is 4.21. The van der Waals surface area contributed by atoms with Crippen LogP contribution in [0.3, 0.4) is 0 Å². The molecule has 8 heteroatoms. The smallest absolute Gasteiger partial charge is 0.379 e. The molecule has 1 fully saturated rings. The maximum Gasteiger partial charge on any atom is 0.694 e. The molecule has 1 aliphatic heterocycles.